The molecule has 0 amide bonds. The molecule has 0 spiro atoms. The Morgan fingerprint density at radius 1 is 1.27 bits per heavy atom. The van der Waals surface area contributed by atoms with Crippen LogP contribution in [0.4, 0.5) is 21.8 Å². The molecule has 136 valence electrons. The first-order valence-electron chi connectivity index (χ1n) is 8.00. The van der Waals surface area contributed by atoms with Crippen molar-refractivity contribution in [2.45, 2.75) is 19.5 Å². The summed E-state index contributed by atoms with van der Waals surface area (Å²) in [6.07, 6.45) is 4.85. The van der Waals surface area contributed by atoms with Gasteiger partial charge in [0.2, 0.25) is 5.95 Å². The summed E-state index contributed by atoms with van der Waals surface area (Å²) in [6, 6.07) is 6.11. The molecule has 2 aromatic heterocycles. The van der Waals surface area contributed by atoms with Gasteiger partial charge in [0, 0.05) is 12.2 Å². The molecule has 3 N–H and O–H groups in total. The van der Waals surface area contributed by atoms with Crippen LogP contribution in [0.5, 0.6) is 0 Å². The van der Waals surface area contributed by atoms with E-state index in [0.717, 1.165) is 5.56 Å². The minimum absolute atomic E-state index is 0.00784. The number of aromatic nitrogens is 4. The van der Waals surface area contributed by atoms with E-state index in [2.05, 4.69) is 25.7 Å². The lowest BCUT2D eigenvalue weighted by molar-refractivity contribution is 0.269. The largest absolute Gasteiger partial charge is 0.394 e. The molecule has 0 aliphatic heterocycles. The van der Waals surface area contributed by atoms with E-state index in [4.69, 9.17) is 16.7 Å². The molecular formula is C17H18ClFN6O. The average Bonchev–Trinajstić information content (AvgIpc) is 3.06. The third-order valence-corrected chi connectivity index (χ3v) is 3.96. The second-order valence-corrected chi connectivity index (χ2v) is 6.06. The second-order valence-electron chi connectivity index (χ2n) is 5.65. The van der Waals surface area contributed by atoms with E-state index in [0.29, 0.717) is 29.0 Å². The summed E-state index contributed by atoms with van der Waals surface area (Å²) < 4.78 is 14.7. The van der Waals surface area contributed by atoms with Gasteiger partial charge in [0.25, 0.3) is 0 Å². The number of benzene rings is 1. The number of halogens is 2. The maximum absolute atomic E-state index is 13.1. The van der Waals surface area contributed by atoms with E-state index in [1.165, 1.54) is 18.3 Å². The van der Waals surface area contributed by atoms with Crippen LogP contribution in [0.15, 0.2) is 42.9 Å². The van der Waals surface area contributed by atoms with Crippen LogP contribution >= 0.6 is 11.6 Å². The summed E-state index contributed by atoms with van der Waals surface area (Å²) in [5.41, 5.74) is 1.60. The Kier molecular flexibility index (Phi) is 5.65. The van der Waals surface area contributed by atoms with E-state index in [1.807, 2.05) is 6.92 Å². The maximum atomic E-state index is 13.1. The molecule has 0 radical (unpaired) electrons. The van der Waals surface area contributed by atoms with Gasteiger partial charge < -0.3 is 15.7 Å². The van der Waals surface area contributed by atoms with Crippen LogP contribution in [0.2, 0.25) is 5.02 Å². The van der Waals surface area contributed by atoms with Crippen molar-refractivity contribution in [2.75, 3.05) is 17.2 Å². The molecule has 0 saturated heterocycles. The van der Waals surface area contributed by atoms with Crippen LogP contribution in [0.3, 0.4) is 0 Å². The Morgan fingerprint density at radius 2 is 2.04 bits per heavy atom. The van der Waals surface area contributed by atoms with Gasteiger partial charge in [-0.3, -0.25) is 4.68 Å². The number of hydrogen-bond donors (Lipinski definition) is 3. The first-order valence-corrected chi connectivity index (χ1v) is 8.38. The SMILES string of the molecule is CC(Nc1nc(Nc2cnn(CCO)c2)ncc1Cl)c1ccc(F)cc1. The number of nitrogens with one attached hydrogen (secondary N) is 2. The van der Waals surface area contributed by atoms with E-state index in [1.54, 1.807) is 29.2 Å². The number of rotatable bonds is 7. The summed E-state index contributed by atoms with van der Waals surface area (Å²) in [7, 11) is 0. The summed E-state index contributed by atoms with van der Waals surface area (Å²) in [5, 5.41) is 19.6. The lowest BCUT2D eigenvalue weighted by Crippen LogP contribution is -2.10. The van der Waals surface area contributed by atoms with Crippen molar-refractivity contribution in [3.8, 4) is 0 Å². The number of aliphatic hydroxyl groups excluding tert-OH is 1. The molecule has 0 aliphatic carbocycles. The zero-order valence-electron chi connectivity index (χ0n) is 14.0. The molecule has 3 aromatic rings. The van der Waals surface area contributed by atoms with Gasteiger partial charge in [0.15, 0.2) is 5.82 Å². The van der Waals surface area contributed by atoms with Crippen molar-refractivity contribution >= 4 is 29.1 Å². The molecule has 1 atom stereocenters. The number of nitrogens with zero attached hydrogens (tertiary/aromatic N) is 4. The average molecular weight is 377 g/mol. The molecule has 7 nitrogen and oxygen atoms in total. The Bertz CT molecular complexity index is 870. The zero-order chi connectivity index (χ0) is 18.5. The van der Waals surface area contributed by atoms with Crippen LogP contribution in [0.25, 0.3) is 0 Å². The Morgan fingerprint density at radius 3 is 2.77 bits per heavy atom. The van der Waals surface area contributed by atoms with Gasteiger partial charge in [-0.15, -0.1) is 0 Å². The van der Waals surface area contributed by atoms with E-state index >= 15 is 0 Å². The van der Waals surface area contributed by atoms with Gasteiger partial charge >= 0.3 is 0 Å². The Balaban J connectivity index is 1.73. The Labute approximate surface area is 154 Å². The highest BCUT2D eigenvalue weighted by atomic mass is 35.5. The normalized spacial score (nSPS) is 12.0. The minimum atomic E-state index is -0.283. The fourth-order valence-corrected chi connectivity index (χ4v) is 2.50. The predicted octanol–water partition coefficient (Wildman–Crippen LogP) is 3.37. The molecule has 0 saturated carbocycles. The van der Waals surface area contributed by atoms with Crippen molar-refractivity contribution < 1.29 is 9.50 Å². The smallest absolute Gasteiger partial charge is 0.229 e. The van der Waals surface area contributed by atoms with Gasteiger partial charge in [0.05, 0.1) is 31.2 Å². The molecule has 9 heteroatoms. The highest BCUT2D eigenvalue weighted by Crippen LogP contribution is 2.25. The molecule has 26 heavy (non-hydrogen) atoms. The predicted molar refractivity (Wildman–Crippen MR) is 98.1 cm³/mol. The van der Waals surface area contributed by atoms with Crippen molar-refractivity contribution in [3.63, 3.8) is 0 Å². The summed E-state index contributed by atoms with van der Waals surface area (Å²) >= 11 is 6.18. The standard InChI is InChI=1S/C17H18ClFN6O/c1-11(12-2-4-13(19)5-3-12)22-16-15(18)9-20-17(24-16)23-14-8-21-25(10-14)6-7-26/h2-5,8-11,26H,6-7H2,1H3,(H2,20,22,23,24). The molecule has 3 rings (SSSR count). The molecule has 0 fully saturated rings. The maximum Gasteiger partial charge on any atom is 0.229 e. The highest BCUT2D eigenvalue weighted by molar-refractivity contribution is 6.32. The van der Waals surface area contributed by atoms with Crippen molar-refractivity contribution in [2.24, 2.45) is 0 Å². The Hall–Kier alpha value is -2.71. The van der Waals surface area contributed by atoms with Gasteiger partial charge in [-0.2, -0.15) is 10.1 Å². The van der Waals surface area contributed by atoms with Crippen LogP contribution < -0.4 is 10.6 Å². The van der Waals surface area contributed by atoms with Crippen molar-refractivity contribution in [1.82, 2.24) is 19.7 Å². The minimum Gasteiger partial charge on any atom is -0.394 e. The molecule has 0 bridgehead atoms. The molecule has 1 aromatic carbocycles. The number of anilines is 3. The number of hydrogen-bond acceptors (Lipinski definition) is 6. The zero-order valence-corrected chi connectivity index (χ0v) is 14.8. The fraction of sp³-hybridized carbons (Fsp3) is 0.235. The van der Waals surface area contributed by atoms with E-state index in [-0.39, 0.29) is 18.5 Å². The van der Waals surface area contributed by atoms with Crippen molar-refractivity contribution in [1.29, 1.82) is 0 Å². The van der Waals surface area contributed by atoms with Crippen LogP contribution in [0.1, 0.15) is 18.5 Å². The summed E-state index contributed by atoms with van der Waals surface area (Å²) in [6.45, 7) is 2.34. The second kappa shape index (κ2) is 8.11. The first kappa shape index (κ1) is 18.1. The van der Waals surface area contributed by atoms with Gasteiger partial charge in [-0.1, -0.05) is 23.7 Å². The van der Waals surface area contributed by atoms with Crippen LogP contribution in [0, 0.1) is 5.82 Å². The van der Waals surface area contributed by atoms with Gasteiger partial charge in [0.1, 0.15) is 10.8 Å². The monoisotopic (exact) mass is 376 g/mol. The van der Waals surface area contributed by atoms with E-state index in [9.17, 15) is 4.39 Å². The van der Waals surface area contributed by atoms with Crippen molar-refractivity contribution in [3.05, 3.63) is 59.3 Å². The van der Waals surface area contributed by atoms with Crippen LogP contribution in [-0.4, -0.2) is 31.5 Å². The summed E-state index contributed by atoms with van der Waals surface area (Å²) in [5.74, 6) is 0.532. The lowest BCUT2D eigenvalue weighted by Gasteiger charge is -2.16. The third-order valence-electron chi connectivity index (χ3n) is 3.69. The third kappa shape index (κ3) is 4.47. The molecular weight excluding hydrogens is 359 g/mol. The summed E-state index contributed by atoms with van der Waals surface area (Å²) in [4.78, 5) is 8.53. The molecule has 2 heterocycles. The highest BCUT2D eigenvalue weighted by Gasteiger charge is 2.11. The van der Waals surface area contributed by atoms with Gasteiger partial charge in [-0.05, 0) is 24.6 Å². The van der Waals surface area contributed by atoms with Gasteiger partial charge in [-0.25, -0.2) is 9.37 Å². The fourth-order valence-electron chi connectivity index (χ4n) is 2.35. The lowest BCUT2D eigenvalue weighted by atomic mass is 10.1. The van der Waals surface area contributed by atoms with E-state index < -0.39 is 0 Å². The number of aliphatic hydroxyl groups is 1. The molecule has 1 unspecified atom stereocenters. The first-order chi connectivity index (χ1) is 12.5. The quantitative estimate of drug-likeness (QED) is 0.586. The van der Waals surface area contributed by atoms with Crippen LogP contribution in [-0.2, 0) is 6.54 Å². The molecule has 0 aliphatic rings. The topological polar surface area (TPSA) is 87.9 Å².